The molecule has 0 amide bonds. The third-order valence-electron chi connectivity index (χ3n) is 15.9. The highest BCUT2D eigenvalue weighted by atomic mass is 127. The van der Waals surface area contributed by atoms with Crippen LogP contribution in [0.25, 0.3) is 0 Å². The van der Waals surface area contributed by atoms with Gasteiger partial charge in [-0.1, -0.05) is 107 Å². The van der Waals surface area contributed by atoms with Crippen LogP contribution in [0.1, 0.15) is 139 Å². The van der Waals surface area contributed by atoms with E-state index in [2.05, 4.69) is 0 Å². The number of halogens is 1. The molecule has 3 fully saturated rings. The second-order valence-electron chi connectivity index (χ2n) is 21.8. The lowest BCUT2D eigenvalue weighted by Gasteiger charge is -2.45. The number of piperidine rings is 1. The van der Waals surface area contributed by atoms with Crippen LogP contribution in [0.4, 0.5) is 0 Å². The number of carbonyl (C=O) groups is 6. The first-order chi connectivity index (χ1) is 36.1. The number of allylic oxidation sites excluding steroid dienone is 6. The van der Waals surface area contributed by atoms with Crippen LogP contribution in [-0.2, 0) is 66.7 Å². The third kappa shape index (κ3) is 18.7. The molecule has 4 rings (SSSR count). The van der Waals surface area contributed by atoms with E-state index in [0.717, 1.165) is 12.0 Å². The minimum absolute atomic E-state index is 0.0178. The number of hydrogen-bond donors (Lipinski definition) is 2. The maximum absolute atomic E-state index is 14.7. The van der Waals surface area contributed by atoms with Gasteiger partial charge in [0.2, 0.25) is 11.6 Å². The monoisotopic (exact) mass is 1180 g/mol. The van der Waals surface area contributed by atoms with Gasteiger partial charge in [-0.05, 0) is 101 Å². The summed E-state index contributed by atoms with van der Waals surface area (Å²) >= 11 is 1.95. The Hall–Kier alpha value is -3.21. The van der Waals surface area contributed by atoms with Crippen LogP contribution in [0.5, 0.6) is 0 Å². The number of carbonyl (C=O) groups excluding carboxylic acids is 6. The number of ether oxygens (including phenoxy) is 8. The molecule has 16 atom stereocenters. The van der Waals surface area contributed by atoms with E-state index in [1.165, 1.54) is 12.0 Å². The summed E-state index contributed by atoms with van der Waals surface area (Å²) in [6.45, 7) is 15.0. The van der Waals surface area contributed by atoms with Crippen molar-refractivity contribution in [2.24, 2.45) is 35.5 Å². The van der Waals surface area contributed by atoms with Gasteiger partial charge in [-0.25, -0.2) is 0 Å². The Morgan fingerprint density at radius 1 is 0.855 bits per heavy atom. The summed E-state index contributed by atoms with van der Waals surface area (Å²) in [7, 11) is 4.61. The van der Waals surface area contributed by atoms with E-state index < -0.39 is 84.1 Å². The van der Waals surface area contributed by atoms with Crippen molar-refractivity contribution in [1.82, 2.24) is 4.90 Å². The van der Waals surface area contributed by atoms with Crippen LogP contribution in [0.15, 0.2) is 47.6 Å². The van der Waals surface area contributed by atoms with E-state index in [1.807, 2.05) is 80.7 Å². The molecular formula is C58H90INO16. The fraction of sp³-hybridized carbons (Fsp3) is 0.759. The molecule has 0 aromatic heterocycles. The van der Waals surface area contributed by atoms with E-state index in [0.29, 0.717) is 63.4 Å². The maximum atomic E-state index is 14.7. The van der Waals surface area contributed by atoms with Gasteiger partial charge in [0.15, 0.2) is 24.2 Å². The Bertz CT molecular complexity index is 2040. The van der Waals surface area contributed by atoms with E-state index in [-0.39, 0.29) is 90.9 Å². The molecule has 3 heterocycles. The zero-order chi connectivity index (χ0) is 56.3. The van der Waals surface area contributed by atoms with Gasteiger partial charge in [0, 0.05) is 64.9 Å². The van der Waals surface area contributed by atoms with Crippen LogP contribution in [-0.4, -0.2) is 157 Å². The highest BCUT2D eigenvalue weighted by Crippen LogP contribution is 2.39. The van der Waals surface area contributed by atoms with Gasteiger partial charge in [-0.15, -0.1) is 0 Å². The van der Waals surface area contributed by atoms with Crippen molar-refractivity contribution in [3.8, 4) is 0 Å². The fourth-order valence-corrected chi connectivity index (χ4v) is 11.4. The van der Waals surface area contributed by atoms with E-state index in [4.69, 9.17) is 37.9 Å². The predicted molar refractivity (Wildman–Crippen MR) is 294 cm³/mol. The molecule has 1 aliphatic carbocycles. The summed E-state index contributed by atoms with van der Waals surface area (Å²) in [5.41, 5.74) is 1.33. The van der Waals surface area contributed by atoms with Gasteiger partial charge in [-0.3, -0.25) is 33.7 Å². The predicted octanol–water partition coefficient (Wildman–Crippen LogP) is 7.94. The second-order valence-corrected chi connectivity index (χ2v) is 22.5. The molecule has 2 bridgehead atoms. The van der Waals surface area contributed by atoms with Crippen molar-refractivity contribution in [3.05, 3.63) is 47.6 Å². The lowest BCUT2D eigenvalue weighted by Crippen LogP contribution is -2.62. The molecule has 0 radical (unpaired) electrons. The maximum Gasteiger partial charge on any atom is 0.323 e. The quantitative estimate of drug-likeness (QED) is 0.0446. The molecule has 4 aliphatic rings. The van der Waals surface area contributed by atoms with Crippen molar-refractivity contribution in [2.45, 2.75) is 200 Å². The molecule has 0 aromatic carbocycles. The van der Waals surface area contributed by atoms with Crippen LogP contribution in [0.2, 0.25) is 0 Å². The molecule has 430 valence electrons. The van der Waals surface area contributed by atoms with Crippen molar-refractivity contribution in [1.29, 1.82) is 0 Å². The van der Waals surface area contributed by atoms with Gasteiger partial charge in [0.25, 0.3) is 0 Å². The second kappa shape index (κ2) is 32.1. The van der Waals surface area contributed by atoms with E-state index in [1.54, 1.807) is 48.0 Å². The van der Waals surface area contributed by atoms with E-state index in [9.17, 15) is 39.0 Å². The van der Waals surface area contributed by atoms with Crippen molar-refractivity contribution in [3.63, 3.8) is 0 Å². The van der Waals surface area contributed by atoms with Gasteiger partial charge in [0.05, 0.1) is 35.5 Å². The SMILES string of the molecule is CCC(=O)O[C@@H]1/C(C)=C/[C@@H](C)C(=O)CC([C@H](C)C[C@@H]2CC[C@@H](OCCOC(=O)CI)[C@H](OC)C2)OC(=O)[C@@H]2CCCCN2C(O)C(=O)[C@]2(O)O[C@@H](CC[C@H]2C)C[C@H](OC)/C(C)=C/C=C/C=C\[C@H](C)C[C@@H](C)C(=O)[C@@H]1OC. The third-order valence-corrected chi connectivity index (χ3v) is 16.5. The summed E-state index contributed by atoms with van der Waals surface area (Å²) in [5, 5.41) is 24.1. The minimum Gasteiger partial charge on any atom is -0.463 e. The molecule has 2 unspecified atom stereocenters. The number of aliphatic hydroxyl groups is 2. The first-order valence-electron chi connectivity index (χ1n) is 27.6. The normalized spacial score (nSPS) is 37.3. The lowest BCUT2D eigenvalue weighted by atomic mass is 9.78. The number of rotatable bonds is 13. The number of esters is 3. The van der Waals surface area contributed by atoms with Gasteiger partial charge in [-0.2, -0.15) is 0 Å². The Labute approximate surface area is 465 Å². The molecule has 76 heavy (non-hydrogen) atoms. The summed E-state index contributed by atoms with van der Waals surface area (Å²) in [6, 6.07) is -1.08. The van der Waals surface area contributed by atoms with Crippen molar-refractivity contribution >= 4 is 57.8 Å². The number of fused-ring (bicyclic) bond motifs is 3. The number of nitrogens with zero attached hydrogens (tertiary/aromatic N) is 1. The summed E-state index contributed by atoms with van der Waals surface area (Å²) in [4.78, 5) is 83.9. The summed E-state index contributed by atoms with van der Waals surface area (Å²) in [5.74, 6) is -7.63. The lowest BCUT2D eigenvalue weighted by molar-refractivity contribution is -0.275. The molecule has 3 aliphatic heterocycles. The molecule has 2 N–H and O–H groups in total. The zero-order valence-corrected chi connectivity index (χ0v) is 49.2. The average Bonchev–Trinajstić information content (AvgIpc) is 3.40. The number of aliphatic hydroxyl groups excluding tert-OH is 1. The number of methoxy groups -OCH3 is 3. The standard InChI is InChI=1S/C58H90INO16/c1-12-50(62)75-53-40(7)29-37(4)45(61)33-48(38(5)30-42-22-24-46(49(31-42)70-10)72-26-27-73-51(63)34-59)74-57(67)44-20-16-17-25-60(44)56(66)55(65)58(68)41(8)21-23-43(76-58)32-47(69-9)36(3)19-15-13-14-18-35(2)28-39(6)52(64)54(53)71-11/h13-15,18-19,29,35,37-39,41-44,46-49,53-54,56,66,68H,12,16-17,20-28,30-34H2,1-11H3/b15-13+,18-14-,36-19+,40-29+/t35-,37+,38+,39+,41+,42-,43-,44-,46+,47-,48?,49+,53+,54-,56?,58+/m0/s1. The van der Waals surface area contributed by atoms with Crippen molar-refractivity contribution < 1.29 is 76.9 Å². The van der Waals surface area contributed by atoms with Crippen molar-refractivity contribution in [2.75, 3.05) is 45.5 Å². The minimum atomic E-state index is -2.36. The molecular weight excluding hydrogens is 1090 g/mol. The Balaban J connectivity index is 1.73. The Morgan fingerprint density at radius 3 is 2.26 bits per heavy atom. The van der Waals surface area contributed by atoms with Gasteiger partial charge in [0.1, 0.15) is 24.5 Å². The zero-order valence-electron chi connectivity index (χ0n) is 47.1. The first kappa shape index (κ1) is 65.3. The highest BCUT2D eigenvalue weighted by molar-refractivity contribution is 14.1. The number of hydrogen-bond acceptors (Lipinski definition) is 17. The Morgan fingerprint density at radius 2 is 1.59 bits per heavy atom. The highest BCUT2D eigenvalue weighted by Gasteiger charge is 2.53. The van der Waals surface area contributed by atoms with Gasteiger partial charge < -0.3 is 48.1 Å². The molecule has 0 spiro atoms. The molecule has 17 nitrogen and oxygen atoms in total. The smallest absolute Gasteiger partial charge is 0.323 e. The largest absolute Gasteiger partial charge is 0.463 e. The number of alkyl halides is 1. The number of cyclic esters (lactones) is 1. The molecule has 1 saturated carbocycles. The number of Topliss-reactive ketones (excluding diaryl/α,β-unsaturated/α-hetero) is 3. The van der Waals surface area contributed by atoms with Crippen LogP contribution in [0.3, 0.4) is 0 Å². The van der Waals surface area contributed by atoms with Crippen LogP contribution < -0.4 is 0 Å². The first-order valence-corrected chi connectivity index (χ1v) is 29.1. The van der Waals surface area contributed by atoms with Crippen LogP contribution in [0, 0.1) is 35.5 Å². The van der Waals surface area contributed by atoms with Gasteiger partial charge >= 0.3 is 17.9 Å². The fourth-order valence-electron chi connectivity index (χ4n) is 11.2. The average molecular weight is 1180 g/mol. The summed E-state index contributed by atoms with van der Waals surface area (Å²) < 4.78 is 47.7. The topological polar surface area (TPSA) is 220 Å². The Kier molecular flexibility index (Phi) is 27.6. The molecule has 18 heteroatoms. The van der Waals surface area contributed by atoms with E-state index >= 15 is 0 Å². The molecule has 0 aromatic rings. The summed E-state index contributed by atoms with van der Waals surface area (Å²) in [6.07, 6.45) is 10.3. The molecule has 2 saturated heterocycles. The van der Waals surface area contributed by atoms with Crippen LogP contribution >= 0.6 is 22.6 Å². The number of ketones is 3.